The van der Waals surface area contributed by atoms with Crippen molar-refractivity contribution in [1.82, 2.24) is 0 Å². The Bertz CT molecular complexity index is 566. The Morgan fingerprint density at radius 2 is 1.60 bits per heavy atom. The van der Waals surface area contributed by atoms with Crippen molar-refractivity contribution in [3.63, 3.8) is 0 Å². The molecular weight excluding hydrogens is 254 g/mol. The molecular formula is C16H17NO3. The quantitative estimate of drug-likeness (QED) is 0.668. The first-order valence-corrected chi connectivity index (χ1v) is 6.61. The number of non-ortho nitro benzene ring substituents is 1. The molecule has 0 spiro atoms. The van der Waals surface area contributed by atoms with Crippen molar-refractivity contribution in [2.24, 2.45) is 0 Å². The number of benzene rings is 2. The highest BCUT2D eigenvalue weighted by molar-refractivity contribution is 5.39. The van der Waals surface area contributed by atoms with Crippen LogP contribution in [0.3, 0.4) is 0 Å². The monoisotopic (exact) mass is 271 g/mol. The maximum atomic E-state index is 10.7. The van der Waals surface area contributed by atoms with Crippen molar-refractivity contribution in [3.05, 3.63) is 75.8 Å². The third-order valence-electron chi connectivity index (χ3n) is 3.42. The second-order valence-electron chi connectivity index (χ2n) is 4.71. The van der Waals surface area contributed by atoms with Crippen molar-refractivity contribution < 1.29 is 10.0 Å². The van der Waals surface area contributed by atoms with Crippen LogP contribution in [0.5, 0.6) is 0 Å². The summed E-state index contributed by atoms with van der Waals surface area (Å²) in [5.74, 6) is -0.165. The van der Waals surface area contributed by atoms with Crippen LogP contribution in [0.4, 0.5) is 5.69 Å². The minimum absolute atomic E-state index is 0.0616. The van der Waals surface area contributed by atoms with Gasteiger partial charge < -0.3 is 5.11 Å². The van der Waals surface area contributed by atoms with Gasteiger partial charge in [-0.3, -0.25) is 10.1 Å². The Kier molecular flexibility index (Phi) is 4.48. The number of hydrogen-bond donors (Lipinski definition) is 1. The first kappa shape index (κ1) is 14.2. The van der Waals surface area contributed by atoms with E-state index in [9.17, 15) is 15.2 Å². The maximum absolute atomic E-state index is 10.7. The second kappa shape index (κ2) is 6.30. The average molecular weight is 271 g/mol. The SMILES string of the molecule is CCC(O)C(c1ccccc1)c1ccc([N+](=O)[O-])cc1. The largest absolute Gasteiger partial charge is 0.392 e. The summed E-state index contributed by atoms with van der Waals surface area (Å²) >= 11 is 0. The van der Waals surface area contributed by atoms with Crippen LogP contribution >= 0.6 is 0 Å². The van der Waals surface area contributed by atoms with Gasteiger partial charge in [0, 0.05) is 18.1 Å². The van der Waals surface area contributed by atoms with Gasteiger partial charge in [0.25, 0.3) is 5.69 Å². The van der Waals surface area contributed by atoms with Gasteiger partial charge in [-0.05, 0) is 17.5 Å². The fourth-order valence-corrected chi connectivity index (χ4v) is 2.34. The zero-order valence-corrected chi connectivity index (χ0v) is 11.3. The minimum Gasteiger partial charge on any atom is -0.392 e. The van der Waals surface area contributed by atoms with Gasteiger partial charge in [-0.2, -0.15) is 0 Å². The maximum Gasteiger partial charge on any atom is 0.269 e. The predicted octanol–water partition coefficient (Wildman–Crippen LogP) is 3.50. The number of aliphatic hydroxyl groups is 1. The first-order valence-electron chi connectivity index (χ1n) is 6.61. The number of rotatable bonds is 5. The van der Waals surface area contributed by atoms with E-state index >= 15 is 0 Å². The molecule has 2 aromatic carbocycles. The summed E-state index contributed by atoms with van der Waals surface area (Å²) in [6, 6.07) is 16.1. The summed E-state index contributed by atoms with van der Waals surface area (Å²) in [7, 11) is 0. The highest BCUT2D eigenvalue weighted by Gasteiger charge is 2.22. The fraction of sp³-hybridized carbons (Fsp3) is 0.250. The molecule has 0 fully saturated rings. The molecule has 20 heavy (non-hydrogen) atoms. The molecule has 2 atom stereocenters. The fourth-order valence-electron chi connectivity index (χ4n) is 2.34. The summed E-state index contributed by atoms with van der Waals surface area (Å²) in [5, 5.41) is 21.0. The molecule has 4 nitrogen and oxygen atoms in total. The van der Waals surface area contributed by atoms with Crippen molar-refractivity contribution >= 4 is 5.69 Å². The van der Waals surface area contributed by atoms with Crippen molar-refractivity contribution in [2.75, 3.05) is 0 Å². The number of hydrogen-bond acceptors (Lipinski definition) is 3. The van der Waals surface area contributed by atoms with E-state index < -0.39 is 11.0 Å². The van der Waals surface area contributed by atoms with Crippen LogP contribution in [-0.4, -0.2) is 16.1 Å². The lowest BCUT2D eigenvalue weighted by Crippen LogP contribution is -2.18. The zero-order chi connectivity index (χ0) is 14.5. The molecule has 0 aromatic heterocycles. The molecule has 0 heterocycles. The van der Waals surface area contributed by atoms with E-state index in [2.05, 4.69) is 0 Å². The minimum atomic E-state index is -0.515. The van der Waals surface area contributed by atoms with Crippen LogP contribution < -0.4 is 0 Å². The molecule has 0 saturated heterocycles. The molecule has 1 N–H and O–H groups in total. The molecule has 0 aliphatic rings. The van der Waals surface area contributed by atoms with Crippen LogP contribution in [0.15, 0.2) is 54.6 Å². The van der Waals surface area contributed by atoms with Gasteiger partial charge in [0.1, 0.15) is 0 Å². The van der Waals surface area contributed by atoms with Crippen LogP contribution in [-0.2, 0) is 0 Å². The van der Waals surface area contributed by atoms with Crippen molar-refractivity contribution in [2.45, 2.75) is 25.4 Å². The van der Waals surface area contributed by atoms with E-state index in [0.29, 0.717) is 6.42 Å². The molecule has 0 amide bonds. The predicted molar refractivity (Wildman–Crippen MR) is 77.7 cm³/mol. The normalized spacial score (nSPS) is 13.7. The van der Waals surface area contributed by atoms with Crippen molar-refractivity contribution in [1.29, 1.82) is 0 Å². The molecule has 104 valence electrons. The highest BCUT2D eigenvalue weighted by atomic mass is 16.6. The highest BCUT2D eigenvalue weighted by Crippen LogP contribution is 2.30. The van der Waals surface area contributed by atoms with E-state index in [1.54, 1.807) is 12.1 Å². The summed E-state index contributed by atoms with van der Waals surface area (Å²) in [6.07, 6.45) is 0.107. The first-order chi connectivity index (χ1) is 9.63. The molecule has 0 radical (unpaired) electrons. The number of nitro benzene ring substituents is 1. The second-order valence-corrected chi connectivity index (χ2v) is 4.71. The van der Waals surface area contributed by atoms with Gasteiger partial charge in [-0.25, -0.2) is 0 Å². The summed E-state index contributed by atoms with van der Waals surface area (Å²) in [6.45, 7) is 1.92. The molecule has 0 bridgehead atoms. The van der Waals surface area contributed by atoms with E-state index in [1.807, 2.05) is 37.3 Å². The summed E-state index contributed by atoms with van der Waals surface area (Å²) in [5.41, 5.74) is 1.96. The lowest BCUT2D eigenvalue weighted by Gasteiger charge is -2.23. The van der Waals surface area contributed by atoms with E-state index in [4.69, 9.17) is 0 Å². The number of nitrogens with zero attached hydrogens (tertiary/aromatic N) is 1. The summed E-state index contributed by atoms with van der Waals surface area (Å²) < 4.78 is 0. The van der Waals surface area contributed by atoms with E-state index in [1.165, 1.54) is 12.1 Å². The Labute approximate surface area is 117 Å². The van der Waals surface area contributed by atoms with E-state index in [-0.39, 0.29) is 11.6 Å². The molecule has 2 rings (SSSR count). The van der Waals surface area contributed by atoms with Gasteiger partial charge in [-0.1, -0.05) is 49.4 Å². The molecule has 0 aliphatic carbocycles. The molecule has 2 unspecified atom stereocenters. The lowest BCUT2D eigenvalue weighted by molar-refractivity contribution is -0.384. The zero-order valence-electron chi connectivity index (χ0n) is 11.3. The van der Waals surface area contributed by atoms with Gasteiger partial charge >= 0.3 is 0 Å². The van der Waals surface area contributed by atoms with Crippen LogP contribution in [0.25, 0.3) is 0 Å². The Balaban J connectivity index is 2.39. The van der Waals surface area contributed by atoms with Crippen LogP contribution in [0.1, 0.15) is 30.4 Å². The molecule has 0 saturated carbocycles. The van der Waals surface area contributed by atoms with Gasteiger partial charge in [0.05, 0.1) is 11.0 Å². The van der Waals surface area contributed by atoms with Gasteiger partial charge in [0.2, 0.25) is 0 Å². The van der Waals surface area contributed by atoms with Crippen molar-refractivity contribution in [3.8, 4) is 0 Å². The average Bonchev–Trinajstić information content (AvgIpc) is 2.49. The third kappa shape index (κ3) is 3.03. The lowest BCUT2D eigenvalue weighted by atomic mass is 9.85. The number of aliphatic hydroxyl groups excluding tert-OH is 1. The van der Waals surface area contributed by atoms with Crippen LogP contribution in [0, 0.1) is 10.1 Å². The molecule has 4 heteroatoms. The smallest absolute Gasteiger partial charge is 0.269 e. The topological polar surface area (TPSA) is 63.4 Å². The Morgan fingerprint density at radius 1 is 1.05 bits per heavy atom. The number of nitro groups is 1. The van der Waals surface area contributed by atoms with Crippen LogP contribution in [0.2, 0.25) is 0 Å². The standard InChI is InChI=1S/C16H17NO3/c1-2-15(18)16(12-6-4-3-5-7-12)13-8-10-14(11-9-13)17(19)20/h3-11,15-16,18H,2H2,1H3. The molecule has 0 aliphatic heterocycles. The Morgan fingerprint density at radius 3 is 2.10 bits per heavy atom. The third-order valence-corrected chi connectivity index (χ3v) is 3.42. The molecule has 2 aromatic rings. The van der Waals surface area contributed by atoms with Gasteiger partial charge in [-0.15, -0.1) is 0 Å². The van der Waals surface area contributed by atoms with E-state index in [0.717, 1.165) is 11.1 Å². The van der Waals surface area contributed by atoms with Gasteiger partial charge in [0.15, 0.2) is 0 Å². The summed E-state index contributed by atoms with van der Waals surface area (Å²) in [4.78, 5) is 10.3. The Hall–Kier alpha value is -2.20.